The van der Waals surface area contributed by atoms with E-state index in [1.807, 2.05) is 36.4 Å². The summed E-state index contributed by atoms with van der Waals surface area (Å²) in [6.45, 7) is 0.892. The second kappa shape index (κ2) is 9.42. The van der Waals surface area contributed by atoms with Crippen molar-refractivity contribution >= 4 is 35.1 Å². The predicted molar refractivity (Wildman–Crippen MR) is 99.6 cm³/mol. The Labute approximate surface area is 156 Å². The summed E-state index contributed by atoms with van der Waals surface area (Å²) >= 11 is 12.0. The van der Waals surface area contributed by atoms with Gasteiger partial charge in [0.1, 0.15) is 0 Å². The summed E-state index contributed by atoms with van der Waals surface area (Å²) < 4.78 is 0. The molecule has 2 aromatic carbocycles. The SMILES string of the molecule is CN(CC(=O)NC(=O)NCc1ccccc1)Cc1ccc(Cl)cc1Cl. The average molecular weight is 380 g/mol. The van der Waals surface area contributed by atoms with Crippen molar-refractivity contribution in [3.8, 4) is 0 Å². The second-order valence-electron chi connectivity index (χ2n) is 5.62. The van der Waals surface area contributed by atoms with E-state index < -0.39 is 11.9 Å². The summed E-state index contributed by atoms with van der Waals surface area (Å²) in [5.74, 6) is -0.391. The van der Waals surface area contributed by atoms with Gasteiger partial charge in [-0.2, -0.15) is 0 Å². The number of carbonyl (C=O) groups excluding carboxylic acids is 2. The molecule has 0 heterocycles. The van der Waals surface area contributed by atoms with E-state index in [0.29, 0.717) is 23.1 Å². The number of carbonyl (C=O) groups is 2. The van der Waals surface area contributed by atoms with Crippen LogP contribution in [-0.2, 0) is 17.9 Å². The maximum absolute atomic E-state index is 11.9. The first kappa shape index (κ1) is 19.2. The molecule has 0 aromatic heterocycles. The fourth-order valence-electron chi connectivity index (χ4n) is 2.23. The smallest absolute Gasteiger partial charge is 0.321 e. The highest BCUT2D eigenvalue weighted by atomic mass is 35.5. The molecule has 0 saturated carbocycles. The lowest BCUT2D eigenvalue weighted by Crippen LogP contribution is -2.43. The standard InChI is InChI=1S/C18H19Cl2N3O2/c1-23(11-14-7-8-15(19)9-16(14)20)12-17(24)22-18(25)21-10-13-5-3-2-4-6-13/h2-9H,10-12H2,1H3,(H2,21,22,24,25). The molecule has 0 aliphatic heterocycles. The first-order chi connectivity index (χ1) is 11.9. The number of nitrogens with one attached hydrogen (secondary N) is 2. The van der Waals surface area contributed by atoms with E-state index in [0.717, 1.165) is 11.1 Å². The van der Waals surface area contributed by atoms with Crippen molar-refractivity contribution < 1.29 is 9.59 Å². The quantitative estimate of drug-likeness (QED) is 0.807. The van der Waals surface area contributed by atoms with Gasteiger partial charge in [-0.15, -0.1) is 0 Å². The third-order valence-corrected chi connectivity index (χ3v) is 4.00. The van der Waals surface area contributed by atoms with Crippen LogP contribution >= 0.6 is 23.2 Å². The molecule has 3 amide bonds. The number of imide groups is 1. The van der Waals surface area contributed by atoms with Crippen molar-refractivity contribution in [2.45, 2.75) is 13.1 Å². The van der Waals surface area contributed by atoms with Gasteiger partial charge in [0.15, 0.2) is 0 Å². The van der Waals surface area contributed by atoms with E-state index in [1.165, 1.54) is 0 Å². The maximum Gasteiger partial charge on any atom is 0.321 e. The third kappa shape index (κ3) is 6.74. The number of benzene rings is 2. The van der Waals surface area contributed by atoms with Crippen LogP contribution < -0.4 is 10.6 Å². The number of rotatable bonds is 6. The lowest BCUT2D eigenvalue weighted by atomic mass is 10.2. The average Bonchev–Trinajstić information content (AvgIpc) is 2.56. The zero-order chi connectivity index (χ0) is 18.2. The van der Waals surface area contributed by atoms with E-state index in [2.05, 4.69) is 10.6 Å². The van der Waals surface area contributed by atoms with Gasteiger partial charge in [-0.3, -0.25) is 15.0 Å². The molecule has 2 N–H and O–H groups in total. The van der Waals surface area contributed by atoms with Crippen molar-refractivity contribution in [1.29, 1.82) is 0 Å². The van der Waals surface area contributed by atoms with Crippen LogP contribution in [0.4, 0.5) is 4.79 Å². The highest BCUT2D eigenvalue weighted by Gasteiger charge is 2.12. The number of likely N-dealkylation sites (N-methyl/N-ethyl adjacent to an activating group) is 1. The predicted octanol–water partition coefficient (Wildman–Crippen LogP) is 3.45. The molecule has 0 spiro atoms. The monoisotopic (exact) mass is 379 g/mol. The Hall–Kier alpha value is -2.08. The number of hydrogen-bond donors (Lipinski definition) is 2. The molecule has 132 valence electrons. The molecule has 0 saturated heterocycles. The lowest BCUT2D eigenvalue weighted by Gasteiger charge is -2.17. The Bertz CT molecular complexity index is 738. The topological polar surface area (TPSA) is 61.4 Å². The fourth-order valence-corrected chi connectivity index (χ4v) is 2.70. The van der Waals surface area contributed by atoms with Crippen molar-refractivity contribution in [2.75, 3.05) is 13.6 Å². The van der Waals surface area contributed by atoms with E-state index in [-0.39, 0.29) is 6.54 Å². The van der Waals surface area contributed by atoms with Crippen LogP contribution in [0.3, 0.4) is 0 Å². The van der Waals surface area contributed by atoms with Crippen molar-refractivity contribution in [3.05, 3.63) is 69.7 Å². The highest BCUT2D eigenvalue weighted by molar-refractivity contribution is 6.35. The van der Waals surface area contributed by atoms with Gasteiger partial charge in [-0.05, 0) is 30.3 Å². The number of halogens is 2. The van der Waals surface area contributed by atoms with Crippen LogP contribution in [0.5, 0.6) is 0 Å². The summed E-state index contributed by atoms with van der Waals surface area (Å²) in [7, 11) is 1.77. The van der Waals surface area contributed by atoms with Crippen molar-refractivity contribution in [2.24, 2.45) is 0 Å². The zero-order valence-corrected chi connectivity index (χ0v) is 15.3. The van der Waals surface area contributed by atoms with E-state index in [4.69, 9.17) is 23.2 Å². The van der Waals surface area contributed by atoms with Crippen LogP contribution in [0, 0.1) is 0 Å². The van der Waals surface area contributed by atoms with Crippen molar-refractivity contribution in [3.63, 3.8) is 0 Å². The van der Waals surface area contributed by atoms with Crippen LogP contribution in [0.2, 0.25) is 10.0 Å². The van der Waals surface area contributed by atoms with Gasteiger partial charge in [0, 0.05) is 23.1 Å². The van der Waals surface area contributed by atoms with Crippen LogP contribution in [0.15, 0.2) is 48.5 Å². The Morgan fingerprint density at radius 3 is 2.48 bits per heavy atom. The highest BCUT2D eigenvalue weighted by Crippen LogP contribution is 2.21. The second-order valence-corrected chi connectivity index (χ2v) is 6.47. The maximum atomic E-state index is 11.9. The lowest BCUT2D eigenvalue weighted by molar-refractivity contribution is -0.120. The molecule has 0 aliphatic carbocycles. The first-order valence-corrected chi connectivity index (χ1v) is 8.43. The summed E-state index contributed by atoms with van der Waals surface area (Å²) in [6, 6.07) is 14.1. The summed E-state index contributed by atoms with van der Waals surface area (Å²) in [5.41, 5.74) is 1.81. The van der Waals surface area contributed by atoms with E-state index >= 15 is 0 Å². The molecular weight excluding hydrogens is 361 g/mol. The number of urea groups is 1. The van der Waals surface area contributed by atoms with Crippen LogP contribution in [0.1, 0.15) is 11.1 Å². The van der Waals surface area contributed by atoms with Gasteiger partial charge in [0.25, 0.3) is 0 Å². The Balaban J connectivity index is 1.76. The Morgan fingerprint density at radius 1 is 1.08 bits per heavy atom. The summed E-state index contributed by atoms with van der Waals surface area (Å²) in [6.07, 6.45) is 0. The molecule has 0 atom stereocenters. The van der Waals surface area contributed by atoms with Crippen molar-refractivity contribution in [1.82, 2.24) is 15.5 Å². The molecule has 5 nitrogen and oxygen atoms in total. The molecule has 2 rings (SSSR count). The van der Waals surface area contributed by atoms with Gasteiger partial charge < -0.3 is 5.32 Å². The molecule has 0 radical (unpaired) electrons. The number of hydrogen-bond acceptors (Lipinski definition) is 3. The molecule has 0 aliphatic rings. The fraction of sp³-hybridized carbons (Fsp3) is 0.222. The summed E-state index contributed by atoms with van der Waals surface area (Å²) in [5, 5.41) is 6.05. The first-order valence-electron chi connectivity index (χ1n) is 7.68. The molecular formula is C18H19Cl2N3O2. The Morgan fingerprint density at radius 2 is 1.80 bits per heavy atom. The largest absolute Gasteiger partial charge is 0.334 e. The molecule has 0 unspecified atom stereocenters. The minimum absolute atomic E-state index is 0.0672. The third-order valence-electron chi connectivity index (χ3n) is 3.42. The molecule has 7 heteroatoms. The molecule has 0 fully saturated rings. The van der Waals surface area contributed by atoms with Crippen LogP contribution in [-0.4, -0.2) is 30.4 Å². The van der Waals surface area contributed by atoms with Gasteiger partial charge in [0.2, 0.25) is 5.91 Å². The number of amides is 3. The Kier molecular flexibility index (Phi) is 7.25. The minimum atomic E-state index is -0.522. The molecule has 25 heavy (non-hydrogen) atoms. The van der Waals surface area contributed by atoms with Gasteiger partial charge >= 0.3 is 6.03 Å². The zero-order valence-electron chi connectivity index (χ0n) is 13.8. The van der Waals surface area contributed by atoms with Gasteiger partial charge in [-0.1, -0.05) is 59.6 Å². The number of nitrogens with zero attached hydrogens (tertiary/aromatic N) is 1. The minimum Gasteiger partial charge on any atom is -0.334 e. The molecule has 0 bridgehead atoms. The molecule has 2 aromatic rings. The normalized spacial score (nSPS) is 10.6. The summed E-state index contributed by atoms with van der Waals surface area (Å²) in [4.78, 5) is 25.5. The van der Waals surface area contributed by atoms with Crippen LogP contribution in [0.25, 0.3) is 0 Å². The van der Waals surface area contributed by atoms with Gasteiger partial charge in [-0.25, -0.2) is 4.79 Å². The van der Waals surface area contributed by atoms with E-state index in [1.54, 1.807) is 24.1 Å². The van der Waals surface area contributed by atoms with Gasteiger partial charge in [0.05, 0.1) is 6.54 Å². The van der Waals surface area contributed by atoms with E-state index in [9.17, 15) is 9.59 Å².